The first kappa shape index (κ1) is 13.3. The Morgan fingerprint density at radius 1 is 0.762 bits per heavy atom. The van der Waals surface area contributed by atoms with Gasteiger partial charge in [-0.15, -0.1) is 0 Å². The lowest BCUT2D eigenvalue weighted by Crippen LogP contribution is -1.99. The predicted octanol–water partition coefficient (Wildman–Crippen LogP) is 4.99. The minimum atomic E-state index is 0.762. The Morgan fingerprint density at radius 3 is 2.24 bits per heavy atom. The summed E-state index contributed by atoms with van der Waals surface area (Å²) in [4.78, 5) is 0. The lowest BCUT2D eigenvalue weighted by molar-refractivity contribution is 1.43. The van der Waals surface area contributed by atoms with E-state index in [1.54, 1.807) is 0 Å². The predicted molar refractivity (Wildman–Crippen MR) is 90.8 cm³/mol. The molecule has 3 aromatic rings. The van der Waals surface area contributed by atoms with E-state index < -0.39 is 0 Å². The van der Waals surface area contributed by atoms with Gasteiger partial charge in [0.15, 0.2) is 0 Å². The molecule has 0 saturated carbocycles. The number of aryl methyl sites for hydroxylation is 1. The molecular formula is C19H18N2. The van der Waals surface area contributed by atoms with Crippen LogP contribution in [0.4, 0.5) is 17.1 Å². The highest BCUT2D eigenvalue weighted by Gasteiger charge is 2.07. The van der Waals surface area contributed by atoms with Gasteiger partial charge in [-0.1, -0.05) is 60.7 Å². The van der Waals surface area contributed by atoms with Crippen molar-refractivity contribution in [3.05, 3.63) is 78.4 Å². The second-order valence-electron chi connectivity index (χ2n) is 5.08. The van der Waals surface area contributed by atoms with Crippen LogP contribution in [0, 0.1) is 6.92 Å². The molecule has 0 heterocycles. The van der Waals surface area contributed by atoms with E-state index in [0.717, 1.165) is 22.6 Å². The Hall–Kier alpha value is -2.74. The van der Waals surface area contributed by atoms with Crippen LogP contribution in [0.1, 0.15) is 5.56 Å². The first-order valence-corrected chi connectivity index (χ1v) is 7.02. The van der Waals surface area contributed by atoms with Gasteiger partial charge < -0.3 is 11.1 Å². The fourth-order valence-electron chi connectivity index (χ4n) is 2.46. The molecule has 3 N–H and O–H groups in total. The molecule has 0 fully saturated rings. The highest BCUT2D eigenvalue weighted by atomic mass is 14.9. The zero-order valence-corrected chi connectivity index (χ0v) is 12.0. The van der Waals surface area contributed by atoms with Crippen LogP contribution in [0.25, 0.3) is 11.1 Å². The minimum absolute atomic E-state index is 0.762. The number of nitrogens with two attached hydrogens (primary N) is 1. The third kappa shape index (κ3) is 2.75. The van der Waals surface area contributed by atoms with E-state index >= 15 is 0 Å². The van der Waals surface area contributed by atoms with Crippen molar-refractivity contribution in [2.45, 2.75) is 6.92 Å². The van der Waals surface area contributed by atoms with Gasteiger partial charge in [-0.3, -0.25) is 0 Å². The monoisotopic (exact) mass is 274 g/mol. The van der Waals surface area contributed by atoms with Crippen molar-refractivity contribution in [2.75, 3.05) is 11.1 Å². The zero-order chi connectivity index (χ0) is 14.7. The van der Waals surface area contributed by atoms with Gasteiger partial charge in [0.2, 0.25) is 0 Å². The summed E-state index contributed by atoms with van der Waals surface area (Å²) in [5.74, 6) is 0. The number of benzene rings is 3. The fourth-order valence-corrected chi connectivity index (χ4v) is 2.46. The summed E-state index contributed by atoms with van der Waals surface area (Å²) in [6, 6.07) is 24.6. The van der Waals surface area contributed by atoms with Crippen molar-refractivity contribution in [2.24, 2.45) is 0 Å². The molecule has 0 unspecified atom stereocenters. The molecule has 0 spiro atoms. The Labute approximate surface area is 125 Å². The summed E-state index contributed by atoms with van der Waals surface area (Å²) < 4.78 is 0. The average molecular weight is 274 g/mol. The lowest BCUT2D eigenvalue weighted by atomic mass is 10.0. The summed E-state index contributed by atoms with van der Waals surface area (Å²) in [6.45, 7) is 2.06. The first-order valence-electron chi connectivity index (χ1n) is 7.02. The zero-order valence-electron chi connectivity index (χ0n) is 12.0. The summed E-state index contributed by atoms with van der Waals surface area (Å²) in [5.41, 5.74) is 12.4. The molecule has 0 aliphatic carbocycles. The molecule has 0 saturated heterocycles. The minimum Gasteiger partial charge on any atom is -0.397 e. The molecule has 3 aromatic carbocycles. The summed E-state index contributed by atoms with van der Waals surface area (Å²) >= 11 is 0. The molecule has 0 aliphatic heterocycles. The van der Waals surface area contributed by atoms with Crippen LogP contribution in [0.2, 0.25) is 0 Å². The first-order chi connectivity index (χ1) is 10.3. The SMILES string of the molecule is Cc1cccc(N)c1Nc1ccccc1-c1ccccc1. The molecule has 0 amide bonds. The van der Waals surface area contributed by atoms with E-state index in [0.29, 0.717) is 0 Å². The standard InChI is InChI=1S/C19H18N2/c1-14-8-7-12-17(20)19(14)21-18-13-6-5-11-16(18)15-9-3-2-4-10-15/h2-13,21H,20H2,1H3. The molecule has 0 bridgehead atoms. The average Bonchev–Trinajstić information content (AvgIpc) is 2.52. The Bertz CT molecular complexity index is 728. The van der Waals surface area contributed by atoms with E-state index in [9.17, 15) is 0 Å². The molecule has 0 aliphatic rings. The van der Waals surface area contributed by atoms with Crippen LogP contribution in [-0.2, 0) is 0 Å². The van der Waals surface area contributed by atoms with Gasteiger partial charge in [-0.2, -0.15) is 0 Å². The highest BCUT2D eigenvalue weighted by Crippen LogP contribution is 2.33. The molecular weight excluding hydrogens is 256 g/mol. The largest absolute Gasteiger partial charge is 0.397 e. The van der Waals surface area contributed by atoms with Crippen molar-refractivity contribution in [3.63, 3.8) is 0 Å². The maximum atomic E-state index is 6.10. The normalized spacial score (nSPS) is 10.3. The third-order valence-electron chi connectivity index (χ3n) is 3.58. The summed E-state index contributed by atoms with van der Waals surface area (Å²) in [7, 11) is 0. The van der Waals surface area contributed by atoms with Crippen molar-refractivity contribution in [1.29, 1.82) is 0 Å². The van der Waals surface area contributed by atoms with Gasteiger partial charge in [0.25, 0.3) is 0 Å². The number of anilines is 3. The van der Waals surface area contributed by atoms with Crippen LogP contribution in [0.15, 0.2) is 72.8 Å². The van der Waals surface area contributed by atoms with Crippen LogP contribution >= 0.6 is 0 Å². The van der Waals surface area contributed by atoms with Gasteiger partial charge in [-0.25, -0.2) is 0 Å². The van der Waals surface area contributed by atoms with Crippen LogP contribution in [0.3, 0.4) is 0 Å². The number of para-hydroxylation sites is 2. The summed E-state index contributed by atoms with van der Waals surface area (Å²) in [6.07, 6.45) is 0. The van der Waals surface area contributed by atoms with Gasteiger partial charge >= 0.3 is 0 Å². The molecule has 104 valence electrons. The number of hydrogen-bond donors (Lipinski definition) is 2. The molecule has 2 heteroatoms. The van der Waals surface area contributed by atoms with E-state index in [4.69, 9.17) is 5.73 Å². The van der Waals surface area contributed by atoms with Crippen molar-refractivity contribution in [3.8, 4) is 11.1 Å². The second-order valence-corrected chi connectivity index (χ2v) is 5.08. The van der Waals surface area contributed by atoms with E-state index in [-0.39, 0.29) is 0 Å². The second kappa shape index (κ2) is 5.71. The van der Waals surface area contributed by atoms with Crippen LogP contribution < -0.4 is 11.1 Å². The van der Waals surface area contributed by atoms with Gasteiger partial charge in [-0.05, 0) is 30.2 Å². The molecule has 21 heavy (non-hydrogen) atoms. The van der Waals surface area contributed by atoms with Crippen molar-refractivity contribution >= 4 is 17.1 Å². The van der Waals surface area contributed by atoms with E-state index in [1.165, 1.54) is 11.1 Å². The van der Waals surface area contributed by atoms with Gasteiger partial charge in [0, 0.05) is 11.3 Å². The molecule has 3 rings (SSSR count). The van der Waals surface area contributed by atoms with Gasteiger partial charge in [0.05, 0.1) is 11.4 Å². The number of nitrogens with one attached hydrogen (secondary N) is 1. The summed E-state index contributed by atoms with van der Waals surface area (Å²) in [5, 5.41) is 3.48. The fraction of sp³-hybridized carbons (Fsp3) is 0.0526. The topological polar surface area (TPSA) is 38.0 Å². The Morgan fingerprint density at radius 2 is 1.48 bits per heavy atom. The maximum absolute atomic E-state index is 6.10. The number of rotatable bonds is 3. The van der Waals surface area contributed by atoms with E-state index in [2.05, 4.69) is 48.6 Å². The van der Waals surface area contributed by atoms with Crippen LogP contribution in [-0.4, -0.2) is 0 Å². The lowest BCUT2D eigenvalue weighted by Gasteiger charge is -2.15. The number of hydrogen-bond acceptors (Lipinski definition) is 2. The highest BCUT2D eigenvalue weighted by molar-refractivity contribution is 5.84. The Kier molecular flexibility index (Phi) is 3.61. The third-order valence-corrected chi connectivity index (χ3v) is 3.58. The molecule has 0 aromatic heterocycles. The smallest absolute Gasteiger partial charge is 0.0647 e. The van der Waals surface area contributed by atoms with E-state index in [1.807, 2.05) is 36.4 Å². The quantitative estimate of drug-likeness (QED) is 0.660. The van der Waals surface area contributed by atoms with Crippen molar-refractivity contribution in [1.82, 2.24) is 0 Å². The Balaban J connectivity index is 2.05. The number of nitrogen functional groups attached to an aromatic ring is 1. The molecule has 0 radical (unpaired) electrons. The maximum Gasteiger partial charge on any atom is 0.0647 e. The molecule has 0 atom stereocenters. The van der Waals surface area contributed by atoms with Crippen molar-refractivity contribution < 1.29 is 0 Å². The molecule has 2 nitrogen and oxygen atoms in total. The van der Waals surface area contributed by atoms with Crippen LogP contribution in [0.5, 0.6) is 0 Å². The van der Waals surface area contributed by atoms with Gasteiger partial charge in [0.1, 0.15) is 0 Å².